The van der Waals surface area contributed by atoms with Crippen molar-refractivity contribution in [3.05, 3.63) is 21.6 Å². The third kappa shape index (κ3) is 2.13. The Morgan fingerprint density at radius 3 is 3.25 bits per heavy atom. The van der Waals surface area contributed by atoms with Crippen LogP contribution in [0.2, 0.25) is 0 Å². The van der Waals surface area contributed by atoms with Crippen molar-refractivity contribution in [1.82, 2.24) is 15.3 Å². The molecule has 0 saturated heterocycles. The molecule has 6 nitrogen and oxygen atoms in total. The maximum atomic E-state index is 11.5. The van der Waals surface area contributed by atoms with Crippen molar-refractivity contribution >= 4 is 23.9 Å². The first kappa shape index (κ1) is 10.9. The van der Waals surface area contributed by atoms with Gasteiger partial charge in [-0.2, -0.15) is 0 Å². The van der Waals surface area contributed by atoms with Crippen LogP contribution in [0.4, 0.5) is 0 Å². The van der Waals surface area contributed by atoms with Gasteiger partial charge in [-0.05, 0) is 0 Å². The summed E-state index contributed by atoms with van der Waals surface area (Å²) in [5.74, 6) is 0.128. The smallest absolute Gasteiger partial charge is 0.260 e. The lowest BCUT2D eigenvalue weighted by atomic mass is 10.3. The molecule has 0 unspecified atom stereocenters. The zero-order valence-electron chi connectivity index (χ0n) is 8.61. The molecular formula is C9H10N4O2S. The Balaban J connectivity index is 2.16. The van der Waals surface area contributed by atoms with Crippen LogP contribution < -0.4 is 10.9 Å². The molecule has 0 aromatic carbocycles. The molecule has 0 atom stereocenters. The predicted octanol–water partition coefficient (Wildman–Crippen LogP) is -0.460. The molecule has 1 aromatic heterocycles. The van der Waals surface area contributed by atoms with E-state index in [0.29, 0.717) is 23.0 Å². The molecule has 0 radical (unpaired) electrons. The van der Waals surface area contributed by atoms with Gasteiger partial charge < -0.3 is 10.3 Å². The molecule has 0 fully saturated rings. The lowest BCUT2D eigenvalue weighted by Crippen LogP contribution is -2.21. The number of amides is 1. The summed E-state index contributed by atoms with van der Waals surface area (Å²) >= 11 is 1.20. The zero-order chi connectivity index (χ0) is 11.5. The molecule has 0 bridgehead atoms. The summed E-state index contributed by atoms with van der Waals surface area (Å²) in [6.07, 6.45) is 1.52. The average Bonchev–Trinajstić information content (AvgIpc) is 2.74. The Morgan fingerprint density at radius 2 is 2.50 bits per heavy atom. The molecule has 2 heterocycles. The van der Waals surface area contributed by atoms with Gasteiger partial charge >= 0.3 is 0 Å². The van der Waals surface area contributed by atoms with Crippen LogP contribution in [-0.4, -0.2) is 34.9 Å². The molecule has 1 aliphatic rings. The second-order valence-electron chi connectivity index (χ2n) is 3.16. The SMILES string of the molecule is CNC(=O)CSc1nc2c(c(=O)[nH]1)C=NC2. The van der Waals surface area contributed by atoms with Crippen LogP contribution in [0.5, 0.6) is 0 Å². The monoisotopic (exact) mass is 238 g/mol. The first-order valence-corrected chi connectivity index (χ1v) is 5.65. The van der Waals surface area contributed by atoms with Crippen molar-refractivity contribution in [3.63, 3.8) is 0 Å². The Hall–Kier alpha value is -1.63. The van der Waals surface area contributed by atoms with Crippen LogP contribution in [-0.2, 0) is 11.3 Å². The number of nitrogens with one attached hydrogen (secondary N) is 2. The Kier molecular flexibility index (Phi) is 3.04. The molecule has 84 valence electrons. The standard InChI is InChI=1S/C9H10N4O2S/c1-10-7(14)4-16-9-12-6-3-11-2-5(6)8(15)13-9/h2H,3-4H2,1H3,(H,10,14)(H,12,13,15). The van der Waals surface area contributed by atoms with Crippen molar-refractivity contribution in [2.24, 2.45) is 4.99 Å². The highest BCUT2D eigenvalue weighted by Crippen LogP contribution is 2.14. The molecule has 0 saturated carbocycles. The summed E-state index contributed by atoms with van der Waals surface area (Å²) in [5, 5.41) is 2.95. The molecule has 1 aliphatic heterocycles. The summed E-state index contributed by atoms with van der Waals surface area (Å²) in [6, 6.07) is 0. The fraction of sp³-hybridized carbons (Fsp3) is 0.333. The number of aliphatic imine (C=N–C) groups is 1. The van der Waals surface area contributed by atoms with Gasteiger partial charge in [0.2, 0.25) is 5.91 Å². The average molecular weight is 238 g/mol. The summed E-state index contributed by atoms with van der Waals surface area (Å²) in [4.78, 5) is 33.4. The highest BCUT2D eigenvalue weighted by molar-refractivity contribution is 7.99. The van der Waals surface area contributed by atoms with Crippen molar-refractivity contribution in [3.8, 4) is 0 Å². The van der Waals surface area contributed by atoms with Crippen LogP contribution >= 0.6 is 11.8 Å². The van der Waals surface area contributed by atoms with Crippen LogP contribution in [0.25, 0.3) is 0 Å². The van der Waals surface area contributed by atoms with Gasteiger partial charge in [0.1, 0.15) is 0 Å². The number of thioether (sulfide) groups is 1. The maximum Gasteiger partial charge on any atom is 0.260 e. The van der Waals surface area contributed by atoms with Gasteiger partial charge in [-0.15, -0.1) is 0 Å². The minimum absolute atomic E-state index is 0.107. The minimum Gasteiger partial charge on any atom is -0.358 e. The second-order valence-corrected chi connectivity index (χ2v) is 4.13. The highest BCUT2D eigenvalue weighted by Gasteiger charge is 2.14. The van der Waals surface area contributed by atoms with Gasteiger partial charge in [0.25, 0.3) is 5.56 Å². The number of nitrogens with zero attached hydrogens (tertiary/aromatic N) is 2. The van der Waals surface area contributed by atoms with E-state index in [1.54, 1.807) is 7.05 Å². The van der Waals surface area contributed by atoms with Gasteiger partial charge in [0, 0.05) is 13.3 Å². The second kappa shape index (κ2) is 4.48. The fourth-order valence-corrected chi connectivity index (χ4v) is 2.01. The summed E-state index contributed by atoms with van der Waals surface area (Å²) < 4.78 is 0. The molecule has 16 heavy (non-hydrogen) atoms. The van der Waals surface area contributed by atoms with E-state index in [9.17, 15) is 9.59 Å². The van der Waals surface area contributed by atoms with E-state index in [1.165, 1.54) is 18.0 Å². The fourth-order valence-electron chi connectivity index (χ4n) is 1.26. The van der Waals surface area contributed by atoms with Crippen molar-refractivity contribution in [2.75, 3.05) is 12.8 Å². The Bertz CT molecular complexity index is 509. The van der Waals surface area contributed by atoms with Gasteiger partial charge in [-0.3, -0.25) is 14.6 Å². The zero-order valence-corrected chi connectivity index (χ0v) is 9.43. The molecule has 2 N–H and O–H groups in total. The molecule has 0 spiro atoms. The number of carbonyl (C=O) groups excluding carboxylic acids is 1. The van der Waals surface area contributed by atoms with Crippen molar-refractivity contribution in [2.45, 2.75) is 11.7 Å². The Labute approximate surface area is 95.6 Å². The quantitative estimate of drug-likeness (QED) is 0.551. The lowest BCUT2D eigenvalue weighted by Gasteiger charge is -2.02. The first-order valence-electron chi connectivity index (χ1n) is 4.67. The predicted molar refractivity (Wildman–Crippen MR) is 60.9 cm³/mol. The molecule has 1 aromatic rings. The van der Waals surface area contributed by atoms with Crippen LogP contribution in [0.1, 0.15) is 11.3 Å². The third-order valence-electron chi connectivity index (χ3n) is 2.09. The van der Waals surface area contributed by atoms with E-state index in [0.717, 1.165) is 0 Å². The molecule has 2 rings (SSSR count). The summed E-state index contributed by atoms with van der Waals surface area (Å²) in [7, 11) is 1.57. The number of carbonyl (C=O) groups is 1. The van der Waals surface area contributed by atoms with Crippen LogP contribution in [0.15, 0.2) is 14.9 Å². The minimum atomic E-state index is -0.203. The number of rotatable bonds is 3. The highest BCUT2D eigenvalue weighted by atomic mass is 32.2. The number of aromatic amines is 1. The van der Waals surface area contributed by atoms with Gasteiger partial charge in [0.15, 0.2) is 5.16 Å². The van der Waals surface area contributed by atoms with Gasteiger partial charge in [-0.1, -0.05) is 11.8 Å². The van der Waals surface area contributed by atoms with Gasteiger partial charge in [0.05, 0.1) is 23.6 Å². The number of H-pyrrole nitrogens is 1. The lowest BCUT2D eigenvalue weighted by molar-refractivity contribution is -0.118. The molecule has 0 aliphatic carbocycles. The summed E-state index contributed by atoms with van der Waals surface area (Å²) in [6.45, 7) is 0.437. The van der Waals surface area contributed by atoms with E-state index in [1.807, 2.05) is 0 Å². The molecule has 7 heteroatoms. The third-order valence-corrected chi connectivity index (χ3v) is 2.97. The van der Waals surface area contributed by atoms with E-state index in [-0.39, 0.29) is 17.2 Å². The molecule has 1 amide bonds. The number of fused-ring (bicyclic) bond motifs is 1. The number of hydrogen-bond acceptors (Lipinski definition) is 5. The van der Waals surface area contributed by atoms with Crippen LogP contribution in [0, 0.1) is 0 Å². The van der Waals surface area contributed by atoms with Crippen molar-refractivity contribution < 1.29 is 4.79 Å². The van der Waals surface area contributed by atoms with Crippen molar-refractivity contribution in [1.29, 1.82) is 0 Å². The maximum absolute atomic E-state index is 11.5. The number of hydrogen-bond donors (Lipinski definition) is 2. The summed E-state index contributed by atoms with van der Waals surface area (Å²) in [5.41, 5.74) is 0.984. The van der Waals surface area contributed by atoms with Crippen LogP contribution in [0.3, 0.4) is 0 Å². The largest absolute Gasteiger partial charge is 0.358 e. The first-order chi connectivity index (χ1) is 7.70. The normalized spacial score (nSPS) is 12.6. The number of aromatic nitrogens is 2. The van der Waals surface area contributed by atoms with E-state index >= 15 is 0 Å². The van der Waals surface area contributed by atoms with Gasteiger partial charge in [-0.25, -0.2) is 4.98 Å². The van der Waals surface area contributed by atoms with E-state index in [2.05, 4.69) is 20.3 Å². The molecular weight excluding hydrogens is 228 g/mol. The van der Waals surface area contributed by atoms with E-state index in [4.69, 9.17) is 0 Å². The van der Waals surface area contributed by atoms with E-state index < -0.39 is 0 Å². The Morgan fingerprint density at radius 1 is 1.69 bits per heavy atom. The topological polar surface area (TPSA) is 87.2 Å².